The first-order valence-electron chi connectivity index (χ1n) is 7.60. The Balaban J connectivity index is 1.90. The second-order valence-electron chi connectivity index (χ2n) is 5.81. The number of aliphatic hydroxyl groups excluding tert-OH is 3. The van der Waals surface area contributed by atoms with E-state index in [-0.39, 0.29) is 6.61 Å². The van der Waals surface area contributed by atoms with Crippen molar-refractivity contribution in [1.29, 1.82) is 0 Å². The third-order valence-electron chi connectivity index (χ3n) is 4.38. The van der Waals surface area contributed by atoms with E-state index < -0.39 is 24.5 Å². The van der Waals surface area contributed by atoms with Gasteiger partial charge in [0, 0.05) is 22.0 Å². The average molecular weight is 347 g/mol. The van der Waals surface area contributed by atoms with E-state index in [1.165, 1.54) is 6.33 Å². The first kappa shape index (κ1) is 15.7. The van der Waals surface area contributed by atoms with Crippen LogP contribution in [0.2, 0.25) is 0 Å². The Hall–Kier alpha value is -1.84. The van der Waals surface area contributed by atoms with Crippen molar-refractivity contribution in [1.82, 2.24) is 14.5 Å². The molecule has 0 radical (unpaired) electrons. The molecule has 0 unspecified atom stereocenters. The fraction of sp³-hybridized carbons (Fsp3) is 0.375. The predicted octanol–water partition coefficient (Wildman–Crippen LogP) is 1.08. The van der Waals surface area contributed by atoms with Crippen LogP contribution in [0.3, 0.4) is 0 Å². The van der Waals surface area contributed by atoms with Crippen LogP contribution in [0.25, 0.3) is 21.5 Å². The number of thiophene rings is 1. The number of rotatable bonds is 3. The van der Waals surface area contributed by atoms with Gasteiger partial charge >= 0.3 is 0 Å². The van der Waals surface area contributed by atoms with E-state index >= 15 is 0 Å². The molecule has 1 saturated heterocycles. The number of hydrogen-bond acceptors (Lipinski definition) is 7. The lowest BCUT2D eigenvalue weighted by Gasteiger charge is -2.17. The molecule has 0 aliphatic carbocycles. The van der Waals surface area contributed by atoms with Crippen molar-refractivity contribution >= 4 is 22.4 Å². The van der Waals surface area contributed by atoms with E-state index in [9.17, 15) is 15.3 Å². The lowest BCUT2D eigenvalue weighted by atomic mass is 10.1. The van der Waals surface area contributed by atoms with Crippen LogP contribution in [0.4, 0.5) is 0 Å². The molecular formula is C16H17N3O4S. The van der Waals surface area contributed by atoms with Crippen LogP contribution < -0.4 is 0 Å². The number of aromatic nitrogens is 3. The van der Waals surface area contributed by atoms with Gasteiger partial charge in [-0.1, -0.05) is 6.07 Å². The SMILES string of the molecule is Cc1ncnc2c1c(-c1cccs1)cn2[C@@H]1O[C@H](CO)[C@@H](O)[C@H]1O. The minimum Gasteiger partial charge on any atom is -0.394 e. The molecule has 1 fully saturated rings. The lowest BCUT2D eigenvalue weighted by Crippen LogP contribution is -2.33. The van der Waals surface area contributed by atoms with E-state index in [1.54, 1.807) is 15.9 Å². The number of nitrogens with zero attached hydrogens (tertiary/aromatic N) is 3. The number of fused-ring (bicyclic) bond motifs is 1. The van der Waals surface area contributed by atoms with Gasteiger partial charge in [-0.2, -0.15) is 0 Å². The summed E-state index contributed by atoms with van der Waals surface area (Å²) in [4.78, 5) is 9.68. The molecule has 1 aliphatic rings. The molecule has 0 amide bonds. The Morgan fingerprint density at radius 2 is 2.12 bits per heavy atom. The topological polar surface area (TPSA) is 101 Å². The Labute approximate surface area is 141 Å². The van der Waals surface area contributed by atoms with Crippen LogP contribution in [0, 0.1) is 6.92 Å². The lowest BCUT2D eigenvalue weighted by molar-refractivity contribution is -0.0508. The summed E-state index contributed by atoms with van der Waals surface area (Å²) in [6.45, 7) is 1.54. The molecule has 3 aromatic heterocycles. The molecule has 126 valence electrons. The second-order valence-corrected chi connectivity index (χ2v) is 6.76. The first-order valence-corrected chi connectivity index (χ1v) is 8.48. The number of hydrogen-bond donors (Lipinski definition) is 3. The predicted molar refractivity (Wildman–Crippen MR) is 88.6 cm³/mol. The summed E-state index contributed by atoms with van der Waals surface area (Å²) in [5, 5.41) is 32.5. The fourth-order valence-electron chi connectivity index (χ4n) is 3.16. The maximum absolute atomic E-state index is 10.3. The molecule has 4 heterocycles. The van der Waals surface area contributed by atoms with Crippen LogP contribution in [0.15, 0.2) is 30.0 Å². The molecule has 0 bridgehead atoms. The van der Waals surface area contributed by atoms with Gasteiger partial charge in [0.25, 0.3) is 0 Å². The molecule has 0 saturated carbocycles. The quantitative estimate of drug-likeness (QED) is 0.655. The van der Waals surface area contributed by atoms with Crippen molar-refractivity contribution in [3.8, 4) is 10.4 Å². The van der Waals surface area contributed by atoms with Crippen LogP contribution in [-0.2, 0) is 4.74 Å². The number of aliphatic hydroxyl groups is 3. The summed E-state index contributed by atoms with van der Waals surface area (Å²) in [5.41, 5.74) is 2.41. The van der Waals surface area contributed by atoms with Gasteiger partial charge in [-0.15, -0.1) is 11.3 Å². The molecule has 0 spiro atoms. The summed E-state index contributed by atoms with van der Waals surface area (Å²) in [7, 11) is 0. The van der Waals surface area contributed by atoms with Gasteiger partial charge in [-0.05, 0) is 18.4 Å². The second kappa shape index (κ2) is 5.91. The molecule has 3 aromatic rings. The molecule has 8 heteroatoms. The molecule has 1 aliphatic heterocycles. The van der Waals surface area contributed by atoms with Crippen molar-refractivity contribution < 1.29 is 20.1 Å². The highest BCUT2D eigenvalue weighted by Gasteiger charge is 2.44. The van der Waals surface area contributed by atoms with Crippen molar-refractivity contribution in [2.45, 2.75) is 31.5 Å². The third kappa shape index (κ3) is 2.27. The van der Waals surface area contributed by atoms with Crippen molar-refractivity contribution in [3.63, 3.8) is 0 Å². The zero-order chi connectivity index (χ0) is 16.8. The smallest absolute Gasteiger partial charge is 0.164 e. The molecule has 3 N–H and O–H groups in total. The van der Waals surface area contributed by atoms with Crippen molar-refractivity contribution in [2.75, 3.05) is 6.61 Å². The summed E-state index contributed by atoms with van der Waals surface area (Å²) in [6, 6.07) is 3.97. The molecule has 7 nitrogen and oxygen atoms in total. The van der Waals surface area contributed by atoms with Crippen LogP contribution in [0.5, 0.6) is 0 Å². The molecule has 0 aromatic carbocycles. The van der Waals surface area contributed by atoms with Gasteiger partial charge in [0.05, 0.1) is 12.3 Å². The summed E-state index contributed by atoms with van der Waals surface area (Å²) in [5.74, 6) is 0. The summed E-state index contributed by atoms with van der Waals surface area (Å²) < 4.78 is 7.37. The van der Waals surface area contributed by atoms with Crippen molar-refractivity contribution in [3.05, 3.63) is 35.7 Å². The first-order chi connectivity index (χ1) is 11.6. The number of ether oxygens (including phenoxy) is 1. The van der Waals surface area contributed by atoms with Crippen LogP contribution in [-0.4, -0.2) is 54.8 Å². The minimum atomic E-state index is -1.15. The molecule has 24 heavy (non-hydrogen) atoms. The molecular weight excluding hydrogens is 330 g/mol. The van der Waals surface area contributed by atoms with E-state index in [0.717, 1.165) is 21.5 Å². The maximum atomic E-state index is 10.3. The van der Waals surface area contributed by atoms with Crippen LogP contribution >= 0.6 is 11.3 Å². The van der Waals surface area contributed by atoms with Gasteiger partial charge in [0.2, 0.25) is 0 Å². The molecule has 4 atom stereocenters. The highest BCUT2D eigenvalue weighted by atomic mass is 32.1. The molecule has 4 rings (SSSR count). The zero-order valence-electron chi connectivity index (χ0n) is 12.9. The van der Waals surface area contributed by atoms with Crippen LogP contribution in [0.1, 0.15) is 11.9 Å². The fourth-order valence-corrected chi connectivity index (χ4v) is 3.90. The maximum Gasteiger partial charge on any atom is 0.164 e. The van der Waals surface area contributed by atoms with E-state index in [4.69, 9.17) is 4.74 Å². The van der Waals surface area contributed by atoms with Gasteiger partial charge < -0.3 is 24.6 Å². The zero-order valence-corrected chi connectivity index (χ0v) is 13.7. The highest BCUT2D eigenvalue weighted by molar-refractivity contribution is 7.13. The summed E-state index contributed by atoms with van der Waals surface area (Å²) in [6.07, 6.45) is -0.611. The average Bonchev–Trinajstić information content (AvgIpc) is 3.28. The summed E-state index contributed by atoms with van der Waals surface area (Å²) >= 11 is 1.60. The Morgan fingerprint density at radius 1 is 1.29 bits per heavy atom. The van der Waals surface area contributed by atoms with E-state index in [0.29, 0.717) is 5.65 Å². The monoisotopic (exact) mass is 347 g/mol. The normalized spacial score (nSPS) is 27.2. The Bertz CT molecular complexity index is 864. The van der Waals surface area contributed by atoms with E-state index in [1.807, 2.05) is 30.6 Å². The highest BCUT2D eigenvalue weighted by Crippen LogP contribution is 2.38. The van der Waals surface area contributed by atoms with Gasteiger partial charge in [0.1, 0.15) is 30.3 Å². The Morgan fingerprint density at radius 3 is 2.79 bits per heavy atom. The Kier molecular flexibility index (Phi) is 3.86. The third-order valence-corrected chi connectivity index (χ3v) is 5.28. The van der Waals surface area contributed by atoms with Gasteiger partial charge in [-0.25, -0.2) is 9.97 Å². The van der Waals surface area contributed by atoms with Gasteiger partial charge in [0.15, 0.2) is 6.23 Å². The van der Waals surface area contributed by atoms with E-state index in [2.05, 4.69) is 9.97 Å². The minimum absolute atomic E-state index is 0.361. The van der Waals surface area contributed by atoms with Crippen molar-refractivity contribution in [2.24, 2.45) is 0 Å². The number of aryl methyl sites for hydroxylation is 1. The van der Waals surface area contributed by atoms with Gasteiger partial charge in [-0.3, -0.25) is 0 Å². The standard InChI is InChI=1S/C16H17N3O4S/c1-8-12-9(11-3-2-4-24-11)5-19(15(12)18-7-17-8)16-14(22)13(21)10(6-20)23-16/h2-5,7,10,13-14,16,20-22H,6H2,1H3/t10-,13-,14-,16-/m1/s1. The largest absolute Gasteiger partial charge is 0.394 e.